The molecule has 0 atom stereocenters. The predicted octanol–water partition coefficient (Wildman–Crippen LogP) is 5.70. The van der Waals surface area contributed by atoms with Crippen molar-refractivity contribution in [2.45, 2.75) is 0 Å². The molecule has 29 heavy (non-hydrogen) atoms. The van der Waals surface area contributed by atoms with Crippen LogP contribution in [0.1, 0.15) is 10.4 Å². The molecule has 0 saturated carbocycles. The van der Waals surface area contributed by atoms with E-state index in [2.05, 4.69) is 15.3 Å². The minimum Gasteiger partial charge on any atom is -0.338 e. The van der Waals surface area contributed by atoms with Crippen LogP contribution in [0.2, 0.25) is 10.0 Å². The Morgan fingerprint density at radius 2 is 1.83 bits per heavy atom. The fraction of sp³-hybridized carbons (Fsp3) is 0. The third-order valence-electron chi connectivity index (χ3n) is 4.29. The molecule has 0 fully saturated rings. The minimum atomic E-state index is -0.455. The zero-order valence-corrected chi connectivity index (χ0v) is 16.2. The van der Waals surface area contributed by atoms with Crippen molar-refractivity contribution >= 4 is 51.5 Å². The van der Waals surface area contributed by atoms with E-state index in [1.54, 1.807) is 48.5 Å². The molecule has 1 aromatic heterocycles. The molecule has 1 amide bonds. The van der Waals surface area contributed by atoms with Gasteiger partial charge in [0.15, 0.2) is 0 Å². The molecule has 1 heterocycles. The lowest BCUT2D eigenvalue weighted by molar-refractivity contribution is -0.384. The van der Waals surface area contributed by atoms with E-state index < -0.39 is 4.92 Å². The van der Waals surface area contributed by atoms with Crippen molar-refractivity contribution in [2.24, 2.45) is 0 Å². The summed E-state index contributed by atoms with van der Waals surface area (Å²) in [4.78, 5) is 30.4. The number of nitro groups is 1. The lowest BCUT2D eigenvalue weighted by Crippen LogP contribution is -2.12. The molecule has 2 N–H and O–H groups in total. The lowest BCUT2D eigenvalue weighted by Gasteiger charge is -2.08. The standard InChI is InChI=1S/C20H12Cl2N4O3/c21-15-3-1-2-14(18(15)22)20(27)23-12-6-4-11(5-7-12)19-24-16-9-8-13(26(28)29)10-17(16)25-19/h1-10H,(H,23,27)(H,24,25). The quantitative estimate of drug-likeness (QED) is 0.322. The van der Waals surface area contributed by atoms with Crippen molar-refractivity contribution in [3.8, 4) is 11.4 Å². The van der Waals surface area contributed by atoms with Gasteiger partial charge in [-0.2, -0.15) is 0 Å². The maximum Gasteiger partial charge on any atom is 0.271 e. The van der Waals surface area contributed by atoms with Crippen LogP contribution in [0.4, 0.5) is 11.4 Å². The van der Waals surface area contributed by atoms with Gasteiger partial charge in [-0.3, -0.25) is 14.9 Å². The molecule has 0 unspecified atom stereocenters. The summed E-state index contributed by atoms with van der Waals surface area (Å²) in [6.45, 7) is 0. The Morgan fingerprint density at radius 1 is 1.07 bits per heavy atom. The van der Waals surface area contributed by atoms with Gasteiger partial charge in [-0.15, -0.1) is 0 Å². The molecule has 4 aromatic rings. The summed E-state index contributed by atoms with van der Waals surface area (Å²) in [7, 11) is 0. The minimum absolute atomic E-state index is 0.00886. The Hall–Kier alpha value is -3.42. The number of carbonyl (C=O) groups is 1. The number of benzene rings is 3. The number of aromatic amines is 1. The average Bonchev–Trinajstić information content (AvgIpc) is 3.13. The molecule has 4 rings (SSSR count). The van der Waals surface area contributed by atoms with Gasteiger partial charge in [0, 0.05) is 23.4 Å². The SMILES string of the molecule is O=C(Nc1ccc(-c2nc3ccc([N+](=O)[O-])cc3[nH]2)cc1)c1cccc(Cl)c1Cl. The van der Waals surface area contributed by atoms with Crippen molar-refractivity contribution in [1.82, 2.24) is 9.97 Å². The van der Waals surface area contributed by atoms with E-state index >= 15 is 0 Å². The largest absolute Gasteiger partial charge is 0.338 e. The second kappa shape index (κ2) is 7.54. The normalized spacial score (nSPS) is 10.8. The van der Waals surface area contributed by atoms with Crippen molar-refractivity contribution < 1.29 is 9.72 Å². The van der Waals surface area contributed by atoms with E-state index in [1.807, 2.05) is 0 Å². The molecular weight excluding hydrogens is 415 g/mol. The van der Waals surface area contributed by atoms with Crippen LogP contribution < -0.4 is 5.32 Å². The monoisotopic (exact) mass is 426 g/mol. The number of H-pyrrole nitrogens is 1. The molecule has 0 aliphatic heterocycles. The van der Waals surface area contributed by atoms with Gasteiger partial charge in [0.1, 0.15) is 5.82 Å². The summed E-state index contributed by atoms with van der Waals surface area (Å²) in [6.07, 6.45) is 0. The highest BCUT2D eigenvalue weighted by Gasteiger charge is 2.14. The highest BCUT2D eigenvalue weighted by molar-refractivity contribution is 6.44. The third-order valence-corrected chi connectivity index (χ3v) is 5.11. The fourth-order valence-electron chi connectivity index (χ4n) is 2.84. The van der Waals surface area contributed by atoms with E-state index in [1.165, 1.54) is 12.1 Å². The fourth-order valence-corrected chi connectivity index (χ4v) is 3.22. The zero-order chi connectivity index (χ0) is 20.5. The number of aromatic nitrogens is 2. The molecule has 0 spiro atoms. The summed E-state index contributed by atoms with van der Waals surface area (Å²) >= 11 is 12.0. The van der Waals surface area contributed by atoms with Gasteiger partial charge in [-0.1, -0.05) is 29.3 Å². The van der Waals surface area contributed by atoms with Gasteiger partial charge < -0.3 is 10.3 Å². The van der Waals surface area contributed by atoms with Crippen molar-refractivity contribution in [3.63, 3.8) is 0 Å². The first-order valence-corrected chi connectivity index (χ1v) is 9.18. The first kappa shape index (κ1) is 18.9. The molecular formula is C20H12Cl2N4O3. The number of carbonyl (C=O) groups excluding carboxylic acids is 1. The molecule has 0 saturated heterocycles. The number of nitrogens with zero attached hydrogens (tertiary/aromatic N) is 2. The van der Waals surface area contributed by atoms with E-state index in [0.717, 1.165) is 5.56 Å². The highest BCUT2D eigenvalue weighted by Crippen LogP contribution is 2.27. The van der Waals surface area contributed by atoms with Crippen molar-refractivity contribution in [3.05, 3.63) is 86.4 Å². The molecule has 9 heteroatoms. The highest BCUT2D eigenvalue weighted by atomic mass is 35.5. The molecule has 0 aliphatic rings. The maximum absolute atomic E-state index is 12.4. The number of imidazole rings is 1. The smallest absolute Gasteiger partial charge is 0.271 e. The number of hydrogen-bond donors (Lipinski definition) is 2. The number of amides is 1. The van der Waals surface area contributed by atoms with Gasteiger partial charge >= 0.3 is 0 Å². The number of anilines is 1. The van der Waals surface area contributed by atoms with E-state index in [9.17, 15) is 14.9 Å². The Labute approximate surface area is 174 Å². The summed E-state index contributed by atoms with van der Waals surface area (Å²) in [5.74, 6) is 0.192. The second-order valence-electron chi connectivity index (χ2n) is 6.18. The Balaban J connectivity index is 1.56. The topological polar surface area (TPSA) is 101 Å². The van der Waals surface area contributed by atoms with Crippen LogP contribution in [0.3, 0.4) is 0 Å². The first-order chi connectivity index (χ1) is 13.9. The molecule has 144 valence electrons. The molecule has 0 bridgehead atoms. The number of hydrogen-bond acceptors (Lipinski definition) is 4. The van der Waals surface area contributed by atoms with Crippen LogP contribution >= 0.6 is 23.2 Å². The van der Waals surface area contributed by atoms with Crippen molar-refractivity contribution in [2.75, 3.05) is 5.32 Å². The van der Waals surface area contributed by atoms with Gasteiger partial charge in [0.05, 0.1) is 31.6 Å². The van der Waals surface area contributed by atoms with Crippen molar-refractivity contribution in [1.29, 1.82) is 0 Å². The number of nitrogens with one attached hydrogen (secondary N) is 2. The number of rotatable bonds is 4. The van der Waals surface area contributed by atoms with Crippen LogP contribution in [0.15, 0.2) is 60.7 Å². The van der Waals surface area contributed by atoms with E-state index in [-0.39, 0.29) is 22.2 Å². The van der Waals surface area contributed by atoms with Gasteiger partial charge in [0.2, 0.25) is 0 Å². The average molecular weight is 427 g/mol. The number of nitro benzene ring substituents is 1. The van der Waals surface area contributed by atoms with E-state index in [4.69, 9.17) is 23.2 Å². The summed E-state index contributed by atoms with van der Waals surface area (Å²) < 4.78 is 0. The van der Waals surface area contributed by atoms with E-state index in [0.29, 0.717) is 27.6 Å². The summed E-state index contributed by atoms with van der Waals surface area (Å²) in [6, 6.07) is 16.3. The number of fused-ring (bicyclic) bond motifs is 1. The zero-order valence-electron chi connectivity index (χ0n) is 14.6. The van der Waals surface area contributed by atoms with Crippen LogP contribution in [-0.4, -0.2) is 20.8 Å². The Bertz CT molecular complexity index is 1250. The third kappa shape index (κ3) is 3.78. The van der Waals surface area contributed by atoms with Gasteiger partial charge in [0.25, 0.3) is 11.6 Å². The van der Waals surface area contributed by atoms with Crippen LogP contribution in [0, 0.1) is 10.1 Å². The second-order valence-corrected chi connectivity index (χ2v) is 6.96. The van der Waals surface area contributed by atoms with Crippen LogP contribution in [-0.2, 0) is 0 Å². The first-order valence-electron chi connectivity index (χ1n) is 8.42. The molecule has 0 radical (unpaired) electrons. The Morgan fingerprint density at radius 3 is 2.55 bits per heavy atom. The lowest BCUT2D eigenvalue weighted by atomic mass is 10.1. The van der Waals surface area contributed by atoms with Crippen LogP contribution in [0.5, 0.6) is 0 Å². The van der Waals surface area contributed by atoms with Crippen LogP contribution in [0.25, 0.3) is 22.4 Å². The molecule has 3 aromatic carbocycles. The maximum atomic E-state index is 12.4. The number of halogens is 2. The Kier molecular flexibility index (Phi) is 4.92. The number of non-ortho nitro benzene ring substituents is 1. The summed E-state index contributed by atoms with van der Waals surface area (Å²) in [5, 5.41) is 14.2. The molecule has 7 nitrogen and oxygen atoms in total. The van der Waals surface area contributed by atoms with Gasteiger partial charge in [-0.05, 0) is 42.5 Å². The molecule has 0 aliphatic carbocycles. The predicted molar refractivity (Wildman–Crippen MR) is 113 cm³/mol. The summed E-state index contributed by atoms with van der Waals surface area (Å²) in [5.41, 5.74) is 2.80. The van der Waals surface area contributed by atoms with Gasteiger partial charge in [-0.25, -0.2) is 4.98 Å².